The summed E-state index contributed by atoms with van der Waals surface area (Å²) in [4.78, 5) is 30.4. The van der Waals surface area contributed by atoms with Gasteiger partial charge in [-0.25, -0.2) is 4.79 Å². The van der Waals surface area contributed by atoms with Crippen LogP contribution in [-0.2, 0) is 4.79 Å². The Hall–Kier alpha value is -2.82. The number of nitrogens with zero attached hydrogens (tertiary/aromatic N) is 2. The van der Waals surface area contributed by atoms with Gasteiger partial charge in [-0.05, 0) is 56.4 Å². The van der Waals surface area contributed by atoms with Crippen molar-refractivity contribution in [3.8, 4) is 0 Å². The predicted molar refractivity (Wildman–Crippen MR) is 124 cm³/mol. The predicted octanol–water partition coefficient (Wildman–Crippen LogP) is 5.49. The van der Waals surface area contributed by atoms with E-state index in [1.54, 1.807) is 0 Å². The van der Waals surface area contributed by atoms with Crippen molar-refractivity contribution in [3.05, 3.63) is 60.7 Å². The zero-order valence-electron chi connectivity index (χ0n) is 18.8. The van der Waals surface area contributed by atoms with Gasteiger partial charge < -0.3 is 10.2 Å². The van der Waals surface area contributed by atoms with Gasteiger partial charge in [0.2, 0.25) is 5.91 Å². The second-order valence-corrected chi connectivity index (χ2v) is 9.83. The third-order valence-electron chi connectivity index (χ3n) is 6.43. The first-order valence-electron chi connectivity index (χ1n) is 11.4. The van der Waals surface area contributed by atoms with E-state index in [-0.39, 0.29) is 30.1 Å². The number of hydrogen-bond donors (Lipinski definition) is 1. The number of urea groups is 1. The molecule has 164 valence electrons. The fourth-order valence-corrected chi connectivity index (χ4v) is 4.85. The molecule has 2 aliphatic rings. The van der Waals surface area contributed by atoms with E-state index in [1.807, 2.05) is 86.3 Å². The fraction of sp³-hybridized carbons (Fsp3) is 0.462. The molecule has 2 aromatic carbocycles. The summed E-state index contributed by atoms with van der Waals surface area (Å²) in [6.07, 6.45) is 4.75. The molecule has 2 aliphatic heterocycles. The highest BCUT2D eigenvalue weighted by atomic mass is 16.2. The van der Waals surface area contributed by atoms with E-state index in [1.165, 1.54) is 0 Å². The molecule has 0 aromatic heterocycles. The zero-order valence-corrected chi connectivity index (χ0v) is 18.8. The zero-order chi connectivity index (χ0) is 22.0. The van der Waals surface area contributed by atoms with Crippen LogP contribution in [0.4, 0.5) is 16.2 Å². The van der Waals surface area contributed by atoms with Crippen molar-refractivity contribution in [1.29, 1.82) is 0 Å². The molecule has 0 saturated carbocycles. The number of hydrogen-bond acceptors (Lipinski definition) is 2. The first-order valence-corrected chi connectivity index (χ1v) is 11.4. The summed E-state index contributed by atoms with van der Waals surface area (Å²) in [6, 6.07) is 20.2. The number of benzene rings is 2. The Morgan fingerprint density at radius 3 is 1.81 bits per heavy atom. The molecule has 2 aromatic rings. The second kappa shape index (κ2) is 8.74. The van der Waals surface area contributed by atoms with Gasteiger partial charge in [-0.1, -0.05) is 57.2 Å². The molecule has 5 heteroatoms. The first kappa shape index (κ1) is 21.4. The third kappa shape index (κ3) is 4.60. The minimum absolute atomic E-state index is 0.0349. The van der Waals surface area contributed by atoms with Gasteiger partial charge in [0, 0.05) is 23.5 Å². The van der Waals surface area contributed by atoms with Crippen LogP contribution in [0.2, 0.25) is 0 Å². The molecule has 2 saturated heterocycles. The van der Waals surface area contributed by atoms with Crippen LogP contribution in [0.25, 0.3) is 0 Å². The van der Waals surface area contributed by atoms with Gasteiger partial charge in [0.15, 0.2) is 0 Å². The lowest BCUT2D eigenvalue weighted by Crippen LogP contribution is -2.61. The number of rotatable bonds is 3. The Labute approximate surface area is 185 Å². The molecule has 1 N–H and O–H groups in total. The number of anilines is 2. The van der Waals surface area contributed by atoms with Gasteiger partial charge in [0.25, 0.3) is 0 Å². The fourth-order valence-electron chi connectivity index (χ4n) is 4.85. The quantitative estimate of drug-likeness (QED) is 0.715. The van der Waals surface area contributed by atoms with E-state index >= 15 is 0 Å². The van der Waals surface area contributed by atoms with Crippen LogP contribution in [-0.4, -0.2) is 35.0 Å². The lowest BCUT2D eigenvalue weighted by Gasteiger charge is -2.50. The molecule has 2 heterocycles. The summed E-state index contributed by atoms with van der Waals surface area (Å²) in [6.45, 7) is 5.83. The molecule has 5 nitrogen and oxygen atoms in total. The Bertz CT molecular complexity index is 854. The minimum atomic E-state index is -0.403. The summed E-state index contributed by atoms with van der Waals surface area (Å²) < 4.78 is 0. The van der Waals surface area contributed by atoms with Crippen molar-refractivity contribution in [2.45, 2.75) is 71.0 Å². The lowest BCUT2D eigenvalue weighted by atomic mass is 9.81. The normalized spacial score (nSPS) is 23.2. The minimum Gasteiger partial charge on any atom is -0.353 e. The molecule has 31 heavy (non-hydrogen) atoms. The van der Waals surface area contributed by atoms with Gasteiger partial charge in [0.05, 0.1) is 11.4 Å². The largest absolute Gasteiger partial charge is 0.353 e. The van der Waals surface area contributed by atoms with Crippen molar-refractivity contribution in [2.75, 3.05) is 4.90 Å². The molecule has 0 spiro atoms. The maximum absolute atomic E-state index is 14.0. The Morgan fingerprint density at radius 2 is 1.35 bits per heavy atom. The molecule has 3 amide bonds. The van der Waals surface area contributed by atoms with Crippen LogP contribution in [0, 0.1) is 5.41 Å². The maximum Gasteiger partial charge on any atom is 0.329 e. The summed E-state index contributed by atoms with van der Waals surface area (Å²) in [5.41, 5.74) is 1.35. The van der Waals surface area contributed by atoms with Gasteiger partial charge >= 0.3 is 6.03 Å². The van der Waals surface area contributed by atoms with Crippen LogP contribution in [0.1, 0.15) is 52.9 Å². The average Bonchev–Trinajstić information content (AvgIpc) is 2.74. The SMILES string of the molecule is CC(C)(C)C(=O)NC1C[C@H]2CCC[C@@H](C1)N2C(=O)N(c1ccccc1)c1ccccc1. The highest BCUT2D eigenvalue weighted by Gasteiger charge is 2.43. The highest BCUT2D eigenvalue weighted by molar-refractivity contribution is 5.99. The summed E-state index contributed by atoms with van der Waals surface area (Å²) in [7, 11) is 0. The van der Waals surface area contributed by atoms with Gasteiger partial charge in [-0.15, -0.1) is 0 Å². The smallest absolute Gasteiger partial charge is 0.329 e. The molecule has 4 rings (SSSR count). The van der Waals surface area contributed by atoms with Crippen molar-refractivity contribution in [2.24, 2.45) is 5.41 Å². The molecule has 2 fully saturated rings. The van der Waals surface area contributed by atoms with E-state index in [9.17, 15) is 9.59 Å². The van der Waals surface area contributed by atoms with Crippen LogP contribution in [0.5, 0.6) is 0 Å². The van der Waals surface area contributed by atoms with Crippen LogP contribution in [0.15, 0.2) is 60.7 Å². The molecule has 0 aliphatic carbocycles. The molecule has 3 atom stereocenters. The van der Waals surface area contributed by atoms with Crippen molar-refractivity contribution in [1.82, 2.24) is 10.2 Å². The number of carbonyl (C=O) groups is 2. The average molecular weight is 420 g/mol. The van der Waals surface area contributed by atoms with Gasteiger partial charge in [0.1, 0.15) is 0 Å². The maximum atomic E-state index is 14.0. The molecular weight excluding hydrogens is 386 g/mol. The number of fused-ring (bicyclic) bond motifs is 2. The van der Waals surface area contributed by atoms with E-state index in [0.717, 1.165) is 43.5 Å². The van der Waals surface area contributed by atoms with Gasteiger partial charge in [-0.2, -0.15) is 0 Å². The molecule has 2 bridgehead atoms. The van der Waals surface area contributed by atoms with E-state index in [0.29, 0.717) is 0 Å². The molecular formula is C26H33N3O2. The number of piperidine rings is 2. The monoisotopic (exact) mass is 419 g/mol. The van der Waals surface area contributed by atoms with Crippen molar-refractivity contribution < 1.29 is 9.59 Å². The van der Waals surface area contributed by atoms with Gasteiger partial charge in [-0.3, -0.25) is 9.69 Å². The Morgan fingerprint density at radius 1 is 0.871 bits per heavy atom. The van der Waals surface area contributed by atoms with Crippen LogP contribution < -0.4 is 10.2 Å². The number of amides is 3. The number of nitrogens with one attached hydrogen (secondary N) is 1. The molecule has 0 radical (unpaired) electrons. The van der Waals surface area contributed by atoms with E-state index in [4.69, 9.17) is 0 Å². The second-order valence-electron chi connectivity index (χ2n) is 9.83. The van der Waals surface area contributed by atoms with Crippen molar-refractivity contribution >= 4 is 23.3 Å². The number of carbonyl (C=O) groups excluding carboxylic acids is 2. The van der Waals surface area contributed by atoms with E-state index < -0.39 is 5.41 Å². The first-order chi connectivity index (χ1) is 14.8. The summed E-state index contributed by atoms with van der Waals surface area (Å²) >= 11 is 0. The topological polar surface area (TPSA) is 52.7 Å². The number of para-hydroxylation sites is 2. The molecule has 1 unspecified atom stereocenters. The van der Waals surface area contributed by atoms with Crippen LogP contribution in [0.3, 0.4) is 0 Å². The summed E-state index contributed by atoms with van der Waals surface area (Å²) in [5, 5.41) is 3.25. The lowest BCUT2D eigenvalue weighted by molar-refractivity contribution is -0.129. The summed E-state index contributed by atoms with van der Waals surface area (Å²) in [5.74, 6) is 0.0885. The Balaban J connectivity index is 1.59. The highest BCUT2D eigenvalue weighted by Crippen LogP contribution is 2.37. The third-order valence-corrected chi connectivity index (χ3v) is 6.43. The van der Waals surface area contributed by atoms with Crippen LogP contribution >= 0.6 is 0 Å². The standard InChI is InChI=1S/C26H33N3O2/c1-26(2,3)24(30)27-19-17-22-15-10-16-23(18-19)29(22)25(31)28(20-11-6-4-7-12-20)21-13-8-5-9-14-21/h4-9,11-14,19,22-23H,10,15-18H2,1-3H3,(H,27,30)/t19?,22-,23+. The van der Waals surface area contributed by atoms with E-state index in [2.05, 4.69) is 10.2 Å². The van der Waals surface area contributed by atoms with Crippen molar-refractivity contribution in [3.63, 3.8) is 0 Å². The Kier molecular flexibility index (Phi) is 6.03.